The van der Waals surface area contributed by atoms with Crippen molar-refractivity contribution in [1.82, 2.24) is 15.5 Å². The lowest BCUT2D eigenvalue weighted by Gasteiger charge is -2.31. The van der Waals surface area contributed by atoms with E-state index in [0.29, 0.717) is 38.1 Å². The van der Waals surface area contributed by atoms with Crippen molar-refractivity contribution in [2.45, 2.75) is 45.2 Å². The van der Waals surface area contributed by atoms with Crippen LogP contribution in [-0.4, -0.2) is 62.7 Å². The zero-order valence-electron chi connectivity index (χ0n) is 18.2. The number of rotatable bonds is 11. The minimum absolute atomic E-state index is 0.0662. The summed E-state index contributed by atoms with van der Waals surface area (Å²) >= 11 is 0. The Morgan fingerprint density at radius 3 is 2.73 bits per heavy atom. The van der Waals surface area contributed by atoms with Gasteiger partial charge in [-0.2, -0.15) is 0 Å². The van der Waals surface area contributed by atoms with E-state index in [0.717, 1.165) is 50.3 Å². The lowest BCUT2D eigenvalue weighted by Crippen LogP contribution is -2.38. The second kappa shape index (κ2) is 11.3. The van der Waals surface area contributed by atoms with Gasteiger partial charge < -0.3 is 20.1 Å². The molecule has 166 valence electrons. The predicted octanol–water partition coefficient (Wildman–Crippen LogP) is 1.95. The van der Waals surface area contributed by atoms with Crippen LogP contribution in [0.5, 0.6) is 5.75 Å². The number of carbonyl (C=O) groups is 2. The van der Waals surface area contributed by atoms with E-state index >= 15 is 0 Å². The van der Waals surface area contributed by atoms with Crippen LogP contribution >= 0.6 is 0 Å². The van der Waals surface area contributed by atoms with Crippen LogP contribution in [0, 0.1) is 11.8 Å². The van der Waals surface area contributed by atoms with E-state index in [1.807, 2.05) is 24.3 Å². The van der Waals surface area contributed by atoms with Gasteiger partial charge in [0.25, 0.3) is 0 Å². The van der Waals surface area contributed by atoms with Crippen LogP contribution in [0.3, 0.4) is 0 Å². The number of nitrogens with one attached hydrogen (secondary N) is 2. The average Bonchev–Trinajstić information content (AvgIpc) is 3.50. The molecule has 1 aliphatic carbocycles. The number of carbonyl (C=O) groups excluding carboxylic acids is 2. The summed E-state index contributed by atoms with van der Waals surface area (Å²) in [4.78, 5) is 26.1. The van der Waals surface area contributed by atoms with Crippen LogP contribution in [0.15, 0.2) is 24.3 Å². The number of likely N-dealkylation sites (N-methyl/N-ethyl adjacent to an activating group) is 1. The minimum Gasteiger partial charge on any atom is -0.492 e. The van der Waals surface area contributed by atoms with Crippen molar-refractivity contribution in [3.05, 3.63) is 29.8 Å². The maximum Gasteiger partial charge on any atom is 0.223 e. The Morgan fingerprint density at radius 1 is 1.23 bits per heavy atom. The van der Waals surface area contributed by atoms with Crippen molar-refractivity contribution in [3.63, 3.8) is 0 Å². The topological polar surface area (TPSA) is 79.9 Å². The van der Waals surface area contributed by atoms with Crippen LogP contribution in [0.1, 0.15) is 38.2 Å². The SMILES string of the molecule is CC1CC1C(=O)NCCC(=O)NCc1cccc(OCCN(C)C2CCOCC2)c1. The summed E-state index contributed by atoms with van der Waals surface area (Å²) in [6, 6.07) is 8.38. The van der Waals surface area contributed by atoms with Gasteiger partial charge in [0.1, 0.15) is 12.4 Å². The van der Waals surface area contributed by atoms with Gasteiger partial charge in [-0.05, 0) is 49.9 Å². The molecule has 1 aromatic rings. The van der Waals surface area contributed by atoms with Gasteiger partial charge in [0.15, 0.2) is 0 Å². The second-order valence-electron chi connectivity index (χ2n) is 8.46. The molecule has 2 amide bonds. The van der Waals surface area contributed by atoms with Crippen LogP contribution in [-0.2, 0) is 20.9 Å². The first-order valence-corrected chi connectivity index (χ1v) is 11.1. The van der Waals surface area contributed by atoms with Crippen LogP contribution in [0.25, 0.3) is 0 Å². The smallest absolute Gasteiger partial charge is 0.223 e. The van der Waals surface area contributed by atoms with Gasteiger partial charge in [-0.15, -0.1) is 0 Å². The van der Waals surface area contributed by atoms with Crippen LogP contribution in [0.2, 0.25) is 0 Å². The Morgan fingerprint density at radius 2 is 2.00 bits per heavy atom. The number of nitrogens with zero attached hydrogens (tertiary/aromatic N) is 1. The highest BCUT2D eigenvalue weighted by atomic mass is 16.5. The molecule has 1 heterocycles. The Bertz CT molecular complexity index is 705. The first-order valence-electron chi connectivity index (χ1n) is 11.1. The van der Waals surface area contributed by atoms with Gasteiger partial charge in [-0.3, -0.25) is 14.5 Å². The molecule has 2 atom stereocenters. The molecule has 1 saturated carbocycles. The third-order valence-corrected chi connectivity index (χ3v) is 6.01. The van der Waals surface area contributed by atoms with E-state index in [9.17, 15) is 9.59 Å². The molecule has 30 heavy (non-hydrogen) atoms. The molecule has 0 spiro atoms. The summed E-state index contributed by atoms with van der Waals surface area (Å²) in [7, 11) is 2.14. The maximum absolute atomic E-state index is 12.0. The van der Waals surface area contributed by atoms with Gasteiger partial charge in [-0.1, -0.05) is 19.1 Å². The monoisotopic (exact) mass is 417 g/mol. The summed E-state index contributed by atoms with van der Waals surface area (Å²) in [6.07, 6.45) is 3.41. The largest absolute Gasteiger partial charge is 0.492 e. The number of benzene rings is 1. The molecule has 2 fully saturated rings. The molecule has 7 heteroatoms. The van der Waals surface area contributed by atoms with Gasteiger partial charge in [0.2, 0.25) is 11.8 Å². The molecule has 1 aliphatic heterocycles. The fraction of sp³-hybridized carbons (Fsp3) is 0.652. The molecule has 2 aliphatic rings. The van der Waals surface area contributed by atoms with Gasteiger partial charge >= 0.3 is 0 Å². The van der Waals surface area contributed by atoms with Crippen molar-refractivity contribution in [2.24, 2.45) is 11.8 Å². The summed E-state index contributed by atoms with van der Waals surface area (Å²) in [5.74, 6) is 1.45. The van der Waals surface area contributed by atoms with E-state index in [2.05, 4.69) is 29.5 Å². The number of hydrogen-bond donors (Lipinski definition) is 2. The maximum atomic E-state index is 12.0. The van der Waals surface area contributed by atoms with Crippen molar-refractivity contribution in [2.75, 3.05) is 40.0 Å². The summed E-state index contributed by atoms with van der Waals surface area (Å²) in [6.45, 7) is 6.09. The summed E-state index contributed by atoms with van der Waals surface area (Å²) in [5, 5.41) is 5.74. The van der Waals surface area contributed by atoms with E-state index in [4.69, 9.17) is 9.47 Å². The lowest BCUT2D eigenvalue weighted by atomic mass is 10.1. The molecular formula is C23H35N3O4. The van der Waals surface area contributed by atoms with Crippen LogP contribution < -0.4 is 15.4 Å². The quantitative estimate of drug-likeness (QED) is 0.575. The predicted molar refractivity (Wildman–Crippen MR) is 115 cm³/mol. The van der Waals surface area contributed by atoms with Gasteiger partial charge in [-0.25, -0.2) is 0 Å². The first-order chi connectivity index (χ1) is 14.5. The van der Waals surface area contributed by atoms with Gasteiger partial charge in [0.05, 0.1) is 0 Å². The van der Waals surface area contributed by atoms with Gasteiger partial charge in [0, 0.05) is 51.2 Å². The Balaban J connectivity index is 1.31. The molecule has 2 N–H and O–H groups in total. The van der Waals surface area contributed by atoms with E-state index in [-0.39, 0.29) is 17.7 Å². The highest BCUT2D eigenvalue weighted by molar-refractivity contribution is 5.82. The van der Waals surface area contributed by atoms with Crippen molar-refractivity contribution in [3.8, 4) is 5.75 Å². The molecule has 0 radical (unpaired) electrons. The molecule has 3 rings (SSSR count). The molecule has 7 nitrogen and oxygen atoms in total. The van der Waals surface area contributed by atoms with Crippen molar-refractivity contribution in [1.29, 1.82) is 0 Å². The van der Waals surface area contributed by atoms with Crippen molar-refractivity contribution < 1.29 is 19.1 Å². The zero-order chi connectivity index (χ0) is 21.3. The van der Waals surface area contributed by atoms with Crippen LogP contribution in [0.4, 0.5) is 0 Å². The van der Waals surface area contributed by atoms with E-state index in [1.54, 1.807) is 0 Å². The first kappa shape index (κ1) is 22.6. The number of ether oxygens (including phenoxy) is 2. The Hall–Kier alpha value is -2.12. The summed E-state index contributed by atoms with van der Waals surface area (Å²) < 4.78 is 11.3. The highest BCUT2D eigenvalue weighted by Gasteiger charge is 2.38. The summed E-state index contributed by atoms with van der Waals surface area (Å²) in [5.41, 5.74) is 0.995. The number of amides is 2. The Kier molecular flexibility index (Phi) is 8.51. The highest BCUT2D eigenvalue weighted by Crippen LogP contribution is 2.37. The van der Waals surface area contributed by atoms with Crippen molar-refractivity contribution >= 4 is 11.8 Å². The molecule has 0 aromatic heterocycles. The van der Waals surface area contributed by atoms with E-state index in [1.165, 1.54) is 0 Å². The fourth-order valence-corrected chi connectivity index (χ4v) is 3.77. The van der Waals surface area contributed by atoms with E-state index < -0.39 is 0 Å². The Labute approximate surface area is 179 Å². The lowest BCUT2D eigenvalue weighted by molar-refractivity contribution is -0.123. The molecule has 1 aromatic carbocycles. The molecule has 2 unspecified atom stereocenters. The zero-order valence-corrected chi connectivity index (χ0v) is 18.2. The minimum atomic E-state index is -0.0662. The normalized spacial score (nSPS) is 21.3. The standard InChI is InChI=1S/C23H35N3O4/c1-17-14-21(17)23(28)24-9-6-22(27)25-16-18-4-3-5-20(15-18)30-13-10-26(2)19-7-11-29-12-8-19/h3-5,15,17,19,21H,6-14,16H2,1-2H3,(H,24,28)(H,25,27). The molecular weight excluding hydrogens is 382 g/mol. The third kappa shape index (κ3) is 7.29. The average molecular weight is 418 g/mol. The fourth-order valence-electron chi connectivity index (χ4n) is 3.77. The molecule has 1 saturated heterocycles. The molecule has 0 bridgehead atoms. The third-order valence-electron chi connectivity index (χ3n) is 6.01. The second-order valence-corrected chi connectivity index (χ2v) is 8.46. The number of hydrogen-bond acceptors (Lipinski definition) is 5.